The maximum atomic E-state index is 13.0. The summed E-state index contributed by atoms with van der Waals surface area (Å²) >= 11 is 1.53. The number of anilines is 1. The molecule has 0 bridgehead atoms. The molecule has 6 heteroatoms. The van der Waals surface area contributed by atoms with Crippen LogP contribution in [0.15, 0.2) is 17.5 Å². The number of hydrogen-bond donors (Lipinski definition) is 1. The molecule has 0 saturated carbocycles. The van der Waals surface area contributed by atoms with Gasteiger partial charge in [0.05, 0.1) is 17.2 Å². The Morgan fingerprint density at radius 2 is 1.89 bits per heavy atom. The predicted octanol–water partition coefficient (Wildman–Crippen LogP) is 3.73. The highest BCUT2D eigenvalue weighted by Crippen LogP contribution is 2.18. The zero-order chi connectivity index (χ0) is 13.1. The fourth-order valence-electron chi connectivity index (χ4n) is 1.44. The Hall–Kier alpha value is -1.56. The van der Waals surface area contributed by atoms with Crippen molar-refractivity contribution in [1.29, 1.82) is 0 Å². The molecule has 0 atom stereocenters. The van der Waals surface area contributed by atoms with Crippen LogP contribution in [0, 0.1) is 17.5 Å². The van der Waals surface area contributed by atoms with Crippen LogP contribution in [0.3, 0.4) is 0 Å². The smallest absolute Gasteiger partial charge is 0.194 e. The molecule has 18 heavy (non-hydrogen) atoms. The molecule has 0 fully saturated rings. The molecule has 2 rings (SSSR count). The first kappa shape index (κ1) is 12.9. The van der Waals surface area contributed by atoms with Crippen molar-refractivity contribution >= 4 is 17.0 Å². The van der Waals surface area contributed by atoms with Crippen molar-refractivity contribution in [2.75, 3.05) is 5.32 Å². The maximum Gasteiger partial charge on any atom is 0.194 e. The Balaban J connectivity index is 2.06. The number of thiazole rings is 1. The van der Waals surface area contributed by atoms with E-state index in [1.807, 2.05) is 12.3 Å². The fourth-order valence-corrected chi connectivity index (χ4v) is 2.19. The number of nitrogens with zero attached hydrogens (tertiary/aromatic N) is 1. The second-order valence-corrected chi connectivity index (χ2v) is 4.64. The van der Waals surface area contributed by atoms with Gasteiger partial charge in [-0.15, -0.1) is 11.3 Å². The summed E-state index contributed by atoms with van der Waals surface area (Å²) in [6.45, 7) is 2.35. The van der Waals surface area contributed by atoms with Gasteiger partial charge in [0.1, 0.15) is 0 Å². The van der Waals surface area contributed by atoms with E-state index in [9.17, 15) is 13.2 Å². The summed E-state index contributed by atoms with van der Waals surface area (Å²) in [4.78, 5) is 4.30. The molecular weight excluding hydrogens is 261 g/mol. The lowest BCUT2D eigenvalue weighted by Gasteiger charge is -2.05. The van der Waals surface area contributed by atoms with Crippen molar-refractivity contribution in [2.45, 2.75) is 19.9 Å². The highest BCUT2D eigenvalue weighted by Gasteiger charge is 2.10. The number of aryl methyl sites for hydroxylation is 1. The number of benzene rings is 1. The zero-order valence-electron chi connectivity index (χ0n) is 9.64. The third-order valence-corrected chi connectivity index (χ3v) is 3.40. The quantitative estimate of drug-likeness (QED) is 0.858. The monoisotopic (exact) mass is 272 g/mol. The van der Waals surface area contributed by atoms with Crippen molar-refractivity contribution in [1.82, 2.24) is 4.98 Å². The molecule has 0 unspecified atom stereocenters. The Morgan fingerprint density at radius 3 is 2.44 bits per heavy atom. The van der Waals surface area contributed by atoms with Gasteiger partial charge in [-0.2, -0.15) is 0 Å². The van der Waals surface area contributed by atoms with Gasteiger partial charge in [-0.3, -0.25) is 0 Å². The SMILES string of the molecule is CCc1nc(CNc2cc(F)c(F)c(F)c2)cs1. The van der Waals surface area contributed by atoms with E-state index in [-0.39, 0.29) is 5.69 Å². The Kier molecular flexibility index (Phi) is 3.86. The predicted molar refractivity (Wildman–Crippen MR) is 65.1 cm³/mol. The molecule has 2 nitrogen and oxygen atoms in total. The first-order chi connectivity index (χ1) is 8.60. The summed E-state index contributed by atoms with van der Waals surface area (Å²) in [6, 6.07) is 1.84. The zero-order valence-corrected chi connectivity index (χ0v) is 10.5. The molecule has 0 saturated heterocycles. The van der Waals surface area contributed by atoms with E-state index in [1.54, 1.807) is 0 Å². The minimum atomic E-state index is -1.46. The van der Waals surface area contributed by atoms with Gasteiger partial charge in [-0.1, -0.05) is 6.92 Å². The average Bonchev–Trinajstić information content (AvgIpc) is 2.81. The molecule has 0 aliphatic rings. The lowest BCUT2D eigenvalue weighted by molar-refractivity contribution is 0.447. The molecule has 96 valence electrons. The molecule has 2 aromatic rings. The largest absolute Gasteiger partial charge is 0.379 e. The van der Waals surface area contributed by atoms with Crippen LogP contribution in [0.4, 0.5) is 18.9 Å². The van der Waals surface area contributed by atoms with Crippen molar-refractivity contribution in [3.63, 3.8) is 0 Å². The Labute approximate surface area is 106 Å². The maximum absolute atomic E-state index is 13.0. The fraction of sp³-hybridized carbons (Fsp3) is 0.250. The second kappa shape index (κ2) is 5.39. The standard InChI is InChI=1S/C12H11F3N2S/c1-2-11-17-8(6-18-11)5-16-7-3-9(13)12(15)10(14)4-7/h3-4,6,16H,2,5H2,1H3. The van der Waals surface area contributed by atoms with Crippen molar-refractivity contribution in [3.05, 3.63) is 45.7 Å². The van der Waals surface area contributed by atoms with Gasteiger partial charge in [-0.05, 0) is 6.42 Å². The van der Waals surface area contributed by atoms with E-state index in [4.69, 9.17) is 0 Å². The van der Waals surface area contributed by atoms with E-state index < -0.39 is 17.5 Å². The first-order valence-electron chi connectivity index (χ1n) is 5.42. The van der Waals surface area contributed by atoms with E-state index in [0.29, 0.717) is 6.54 Å². The Morgan fingerprint density at radius 1 is 1.22 bits per heavy atom. The molecule has 1 aromatic carbocycles. The summed E-state index contributed by atoms with van der Waals surface area (Å²) in [5, 5.41) is 5.68. The highest BCUT2D eigenvalue weighted by molar-refractivity contribution is 7.09. The topological polar surface area (TPSA) is 24.9 Å². The molecule has 1 N–H and O–H groups in total. The molecule has 1 heterocycles. The molecule has 0 aliphatic carbocycles. The molecule has 0 radical (unpaired) electrons. The molecular formula is C12H11F3N2S. The minimum Gasteiger partial charge on any atom is -0.379 e. The van der Waals surface area contributed by atoms with Crippen LogP contribution in [0.5, 0.6) is 0 Å². The van der Waals surface area contributed by atoms with E-state index in [2.05, 4.69) is 10.3 Å². The van der Waals surface area contributed by atoms with Crippen LogP contribution >= 0.6 is 11.3 Å². The van der Waals surface area contributed by atoms with Crippen molar-refractivity contribution in [3.8, 4) is 0 Å². The van der Waals surface area contributed by atoms with Gasteiger partial charge in [0.15, 0.2) is 17.5 Å². The lowest BCUT2D eigenvalue weighted by atomic mass is 10.3. The number of hydrogen-bond acceptors (Lipinski definition) is 3. The van der Waals surface area contributed by atoms with Crippen molar-refractivity contribution < 1.29 is 13.2 Å². The minimum absolute atomic E-state index is 0.192. The van der Waals surface area contributed by atoms with Gasteiger partial charge < -0.3 is 5.32 Å². The van der Waals surface area contributed by atoms with Crippen LogP contribution in [0.25, 0.3) is 0 Å². The normalized spacial score (nSPS) is 10.7. The number of rotatable bonds is 4. The molecule has 0 amide bonds. The number of aromatic nitrogens is 1. The highest BCUT2D eigenvalue weighted by atomic mass is 32.1. The summed E-state index contributed by atoms with van der Waals surface area (Å²) in [7, 11) is 0. The van der Waals surface area contributed by atoms with E-state index in [0.717, 1.165) is 29.3 Å². The summed E-state index contributed by atoms with van der Waals surface area (Å²) in [6.07, 6.45) is 0.852. The molecule has 0 spiro atoms. The van der Waals surface area contributed by atoms with Crippen molar-refractivity contribution in [2.24, 2.45) is 0 Å². The second-order valence-electron chi connectivity index (χ2n) is 3.69. The van der Waals surface area contributed by atoms with Gasteiger partial charge in [0, 0.05) is 23.2 Å². The van der Waals surface area contributed by atoms with Gasteiger partial charge in [-0.25, -0.2) is 18.2 Å². The van der Waals surface area contributed by atoms with E-state index in [1.165, 1.54) is 11.3 Å². The van der Waals surface area contributed by atoms with E-state index >= 15 is 0 Å². The average molecular weight is 272 g/mol. The van der Waals surface area contributed by atoms with Crippen LogP contribution in [-0.2, 0) is 13.0 Å². The van der Waals surface area contributed by atoms with Crippen LogP contribution in [0.1, 0.15) is 17.6 Å². The Bertz CT molecular complexity index is 531. The number of halogens is 3. The van der Waals surface area contributed by atoms with Gasteiger partial charge in [0.2, 0.25) is 0 Å². The summed E-state index contributed by atoms with van der Waals surface area (Å²) in [5.41, 5.74) is 0.986. The van der Waals surface area contributed by atoms with Crippen LogP contribution < -0.4 is 5.32 Å². The molecule has 0 aliphatic heterocycles. The first-order valence-corrected chi connectivity index (χ1v) is 6.29. The summed E-state index contributed by atoms with van der Waals surface area (Å²) < 4.78 is 38.6. The van der Waals surface area contributed by atoms with Crippen LogP contribution in [-0.4, -0.2) is 4.98 Å². The lowest BCUT2D eigenvalue weighted by Crippen LogP contribution is -2.02. The van der Waals surface area contributed by atoms with Gasteiger partial charge in [0.25, 0.3) is 0 Å². The molecule has 1 aromatic heterocycles. The summed E-state index contributed by atoms with van der Waals surface area (Å²) in [5.74, 6) is -3.86. The van der Waals surface area contributed by atoms with Crippen LogP contribution in [0.2, 0.25) is 0 Å². The van der Waals surface area contributed by atoms with Gasteiger partial charge >= 0.3 is 0 Å². The number of nitrogens with one attached hydrogen (secondary N) is 1. The third kappa shape index (κ3) is 2.81. The third-order valence-electron chi connectivity index (χ3n) is 2.36.